The van der Waals surface area contributed by atoms with Crippen molar-refractivity contribution in [3.05, 3.63) is 0 Å². The number of carbonyl (C=O) groups excluding carboxylic acids is 1. The lowest BCUT2D eigenvalue weighted by molar-refractivity contribution is -0.128. The van der Waals surface area contributed by atoms with Gasteiger partial charge in [0.1, 0.15) is 6.61 Å². The van der Waals surface area contributed by atoms with Crippen molar-refractivity contribution < 1.29 is 19.7 Å². The number of aliphatic hydroxyl groups excluding tert-OH is 1. The molecule has 4 nitrogen and oxygen atoms in total. The van der Waals surface area contributed by atoms with Gasteiger partial charge in [-0.1, -0.05) is 6.92 Å². The van der Waals surface area contributed by atoms with Crippen LogP contribution >= 0.6 is 0 Å². The predicted molar refractivity (Wildman–Crippen MR) is 53.0 cm³/mol. The smallest absolute Gasteiger partial charge is 0.163 e. The largest absolute Gasteiger partial charge is 0.389 e. The molecule has 0 radical (unpaired) electrons. The first-order valence-electron chi connectivity index (χ1n) is 4.84. The topological polar surface area (TPSA) is 66.8 Å². The molecule has 0 bridgehead atoms. The van der Waals surface area contributed by atoms with Crippen molar-refractivity contribution in [3.63, 3.8) is 0 Å². The van der Waals surface area contributed by atoms with Gasteiger partial charge in [-0.2, -0.15) is 0 Å². The molecule has 0 spiro atoms. The van der Waals surface area contributed by atoms with Gasteiger partial charge in [-0.25, -0.2) is 0 Å². The molecule has 0 fully saturated rings. The molecule has 0 aliphatic carbocycles. The van der Waals surface area contributed by atoms with Gasteiger partial charge in [0.25, 0.3) is 0 Å². The van der Waals surface area contributed by atoms with Crippen LogP contribution in [-0.2, 0) is 9.53 Å². The van der Waals surface area contributed by atoms with Crippen molar-refractivity contribution in [2.45, 2.75) is 32.8 Å². The monoisotopic (exact) mass is 204 g/mol. The molecule has 0 aromatic rings. The lowest BCUT2D eigenvalue weighted by atomic mass is 10.0. The second-order valence-electron chi connectivity index (χ2n) is 4.06. The van der Waals surface area contributed by atoms with E-state index in [-0.39, 0.29) is 24.9 Å². The summed E-state index contributed by atoms with van der Waals surface area (Å²) in [6, 6.07) is 0. The minimum Gasteiger partial charge on any atom is -0.389 e. The van der Waals surface area contributed by atoms with Crippen LogP contribution in [0, 0.1) is 5.92 Å². The van der Waals surface area contributed by atoms with E-state index in [9.17, 15) is 9.90 Å². The zero-order valence-corrected chi connectivity index (χ0v) is 9.12. The fourth-order valence-electron chi connectivity index (χ4n) is 1.02. The third kappa shape index (κ3) is 6.07. The molecular weight excluding hydrogens is 184 g/mol. The van der Waals surface area contributed by atoms with Crippen LogP contribution in [0.1, 0.15) is 27.2 Å². The van der Waals surface area contributed by atoms with E-state index >= 15 is 0 Å². The minimum atomic E-state index is -0.874. The summed E-state index contributed by atoms with van der Waals surface area (Å²) in [6.45, 7) is 5.17. The van der Waals surface area contributed by atoms with E-state index in [4.69, 9.17) is 9.84 Å². The Labute approximate surface area is 84.9 Å². The summed E-state index contributed by atoms with van der Waals surface area (Å²) in [6.07, 6.45) is 0.644. The highest BCUT2D eigenvalue weighted by atomic mass is 16.5. The van der Waals surface area contributed by atoms with Crippen LogP contribution in [0.5, 0.6) is 0 Å². The van der Waals surface area contributed by atoms with Crippen molar-refractivity contribution in [2.24, 2.45) is 5.92 Å². The third-order valence-corrected chi connectivity index (χ3v) is 1.88. The molecule has 0 aliphatic rings. The average Bonchev–Trinajstić information content (AvgIpc) is 2.09. The van der Waals surface area contributed by atoms with Crippen LogP contribution in [0.2, 0.25) is 0 Å². The van der Waals surface area contributed by atoms with Gasteiger partial charge in [-0.15, -0.1) is 0 Å². The molecule has 1 atom stereocenters. The SMILES string of the molecule is CCC(COCC(C)(C)O)C(=O)CO. The van der Waals surface area contributed by atoms with Crippen molar-refractivity contribution in [1.82, 2.24) is 0 Å². The van der Waals surface area contributed by atoms with E-state index in [1.54, 1.807) is 13.8 Å². The van der Waals surface area contributed by atoms with E-state index in [0.29, 0.717) is 6.42 Å². The molecule has 0 aliphatic heterocycles. The molecule has 0 aromatic carbocycles. The van der Waals surface area contributed by atoms with Gasteiger partial charge in [0.15, 0.2) is 5.78 Å². The van der Waals surface area contributed by atoms with Crippen molar-refractivity contribution >= 4 is 5.78 Å². The predicted octanol–water partition coefficient (Wildman–Crippen LogP) is 0.361. The number of Topliss-reactive ketones (excluding diaryl/α,β-unsaturated/α-hetero) is 1. The Hall–Kier alpha value is -0.450. The highest BCUT2D eigenvalue weighted by Gasteiger charge is 2.18. The lowest BCUT2D eigenvalue weighted by Crippen LogP contribution is -2.29. The van der Waals surface area contributed by atoms with Gasteiger partial charge in [0.2, 0.25) is 0 Å². The Morgan fingerprint density at radius 1 is 1.50 bits per heavy atom. The molecule has 84 valence electrons. The molecule has 1 unspecified atom stereocenters. The van der Waals surface area contributed by atoms with Crippen molar-refractivity contribution in [3.8, 4) is 0 Å². The van der Waals surface area contributed by atoms with Gasteiger partial charge in [-0.3, -0.25) is 4.79 Å². The van der Waals surface area contributed by atoms with Crippen LogP contribution in [0.25, 0.3) is 0 Å². The van der Waals surface area contributed by atoms with Crippen LogP contribution in [0.15, 0.2) is 0 Å². The van der Waals surface area contributed by atoms with E-state index < -0.39 is 12.2 Å². The Bertz CT molecular complexity index is 171. The van der Waals surface area contributed by atoms with Crippen molar-refractivity contribution in [1.29, 1.82) is 0 Å². The Morgan fingerprint density at radius 3 is 2.43 bits per heavy atom. The molecule has 0 heterocycles. The second-order valence-corrected chi connectivity index (χ2v) is 4.06. The molecule has 0 amide bonds. The maximum Gasteiger partial charge on any atom is 0.163 e. The summed E-state index contributed by atoms with van der Waals surface area (Å²) in [5.74, 6) is -0.467. The fraction of sp³-hybridized carbons (Fsp3) is 0.900. The standard InChI is InChI=1S/C10H20O4/c1-4-8(9(12)5-11)6-14-7-10(2,3)13/h8,11,13H,4-7H2,1-3H3. The summed E-state index contributed by atoms with van der Waals surface area (Å²) < 4.78 is 5.19. The zero-order chi connectivity index (χ0) is 11.2. The van der Waals surface area contributed by atoms with Crippen LogP contribution in [0.3, 0.4) is 0 Å². The molecular formula is C10H20O4. The first-order valence-corrected chi connectivity index (χ1v) is 4.84. The van der Waals surface area contributed by atoms with Gasteiger partial charge in [0.05, 0.1) is 18.8 Å². The average molecular weight is 204 g/mol. The Balaban J connectivity index is 3.80. The van der Waals surface area contributed by atoms with Gasteiger partial charge >= 0.3 is 0 Å². The molecule has 14 heavy (non-hydrogen) atoms. The molecule has 0 saturated heterocycles. The molecule has 0 rings (SSSR count). The van der Waals surface area contributed by atoms with Gasteiger partial charge in [-0.05, 0) is 20.3 Å². The highest BCUT2D eigenvalue weighted by Crippen LogP contribution is 2.07. The zero-order valence-electron chi connectivity index (χ0n) is 9.12. The van der Waals surface area contributed by atoms with Crippen LogP contribution < -0.4 is 0 Å². The molecule has 2 N–H and O–H groups in total. The van der Waals surface area contributed by atoms with E-state index in [1.165, 1.54) is 0 Å². The number of aliphatic hydroxyl groups is 2. The summed E-state index contributed by atoms with van der Waals surface area (Å²) in [7, 11) is 0. The summed E-state index contributed by atoms with van der Waals surface area (Å²) in [4.78, 5) is 11.1. The molecule has 0 saturated carbocycles. The summed E-state index contributed by atoms with van der Waals surface area (Å²) in [5, 5.41) is 18.0. The van der Waals surface area contributed by atoms with E-state index in [0.717, 1.165) is 0 Å². The number of rotatable bonds is 7. The minimum absolute atomic E-state index is 0.197. The lowest BCUT2D eigenvalue weighted by Gasteiger charge is -2.19. The van der Waals surface area contributed by atoms with E-state index in [1.807, 2.05) is 6.92 Å². The van der Waals surface area contributed by atoms with Gasteiger partial charge in [0, 0.05) is 5.92 Å². The molecule has 0 aromatic heterocycles. The number of carbonyl (C=O) groups is 1. The van der Waals surface area contributed by atoms with Crippen LogP contribution in [-0.4, -0.2) is 41.4 Å². The molecule has 4 heteroatoms. The summed E-state index contributed by atoms with van der Waals surface area (Å²) >= 11 is 0. The number of ketones is 1. The number of hydrogen-bond acceptors (Lipinski definition) is 4. The Kier molecular flexibility index (Phi) is 5.92. The fourth-order valence-corrected chi connectivity index (χ4v) is 1.02. The third-order valence-electron chi connectivity index (χ3n) is 1.88. The quantitative estimate of drug-likeness (QED) is 0.628. The van der Waals surface area contributed by atoms with Crippen LogP contribution in [0.4, 0.5) is 0 Å². The van der Waals surface area contributed by atoms with E-state index in [2.05, 4.69) is 0 Å². The first kappa shape index (κ1) is 13.5. The van der Waals surface area contributed by atoms with Gasteiger partial charge < -0.3 is 14.9 Å². The highest BCUT2D eigenvalue weighted by molar-refractivity contribution is 5.82. The number of hydrogen-bond donors (Lipinski definition) is 2. The maximum absolute atomic E-state index is 11.1. The second kappa shape index (κ2) is 6.11. The normalized spacial score (nSPS) is 14.1. The summed E-state index contributed by atoms with van der Waals surface area (Å²) in [5.41, 5.74) is -0.874. The van der Waals surface area contributed by atoms with Crippen molar-refractivity contribution in [2.75, 3.05) is 19.8 Å². The Morgan fingerprint density at radius 2 is 2.07 bits per heavy atom. The number of ether oxygens (including phenoxy) is 1. The first-order chi connectivity index (χ1) is 6.40. The maximum atomic E-state index is 11.1.